The molecule has 1 aromatic carbocycles. The van der Waals surface area contributed by atoms with Crippen LogP contribution in [0.3, 0.4) is 0 Å². The number of para-hydroxylation sites is 1. The van der Waals surface area contributed by atoms with Crippen molar-refractivity contribution in [1.29, 1.82) is 0 Å². The predicted molar refractivity (Wildman–Crippen MR) is 56.4 cm³/mol. The molecular formula is C9H5BrClNO. The van der Waals surface area contributed by atoms with Crippen molar-refractivity contribution >= 4 is 44.7 Å². The summed E-state index contributed by atoms with van der Waals surface area (Å²) in [5, 5.41) is 1.46. The molecule has 0 aliphatic carbocycles. The molecule has 4 heteroatoms. The van der Waals surface area contributed by atoms with E-state index in [1.165, 1.54) is 0 Å². The maximum Gasteiger partial charge on any atom is 0.153 e. The summed E-state index contributed by atoms with van der Waals surface area (Å²) in [4.78, 5) is 13.7. The Bertz CT molecular complexity index is 478. The molecule has 0 unspecified atom stereocenters. The second-order valence-corrected chi connectivity index (χ2v) is 3.83. The van der Waals surface area contributed by atoms with Crippen LogP contribution < -0.4 is 0 Å². The van der Waals surface area contributed by atoms with E-state index in [2.05, 4.69) is 20.9 Å². The Kier molecular flexibility index (Phi) is 2.14. The lowest BCUT2D eigenvalue weighted by atomic mass is 10.2. The molecule has 0 spiro atoms. The van der Waals surface area contributed by atoms with Gasteiger partial charge in [0.1, 0.15) is 0 Å². The van der Waals surface area contributed by atoms with E-state index in [4.69, 9.17) is 11.6 Å². The maximum absolute atomic E-state index is 10.7. The van der Waals surface area contributed by atoms with Gasteiger partial charge in [0.15, 0.2) is 6.29 Å². The van der Waals surface area contributed by atoms with Crippen molar-refractivity contribution in [2.45, 2.75) is 0 Å². The number of H-pyrrole nitrogens is 1. The summed E-state index contributed by atoms with van der Waals surface area (Å²) in [5.74, 6) is 0. The van der Waals surface area contributed by atoms with Gasteiger partial charge >= 0.3 is 0 Å². The molecule has 2 aromatic rings. The number of hydrogen-bond donors (Lipinski definition) is 1. The number of benzene rings is 1. The topological polar surface area (TPSA) is 32.9 Å². The van der Waals surface area contributed by atoms with Crippen LogP contribution in [0.4, 0.5) is 0 Å². The van der Waals surface area contributed by atoms with E-state index in [0.29, 0.717) is 15.2 Å². The number of nitrogens with one attached hydrogen (secondary N) is 1. The maximum atomic E-state index is 10.7. The van der Waals surface area contributed by atoms with Crippen molar-refractivity contribution in [3.05, 3.63) is 33.4 Å². The summed E-state index contributed by atoms with van der Waals surface area (Å²) < 4.78 is 0.672. The van der Waals surface area contributed by atoms with Crippen molar-refractivity contribution in [3.8, 4) is 0 Å². The molecule has 66 valence electrons. The smallest absolute Gasteiger partial charge is 0.153 e. The van der Waals surface area contributed by atoms with Crippen LogP contribution in [0, 0.1) is 0 Å². The minimum atomic E-state index is 0.609. The van der Waals surface area contributed by atoms with Crippen LogP contribution >= 0.6 is 27.5 Å². The summed E-state index contributed by atoms with van der Waals surface area (Å²) in [5.41, 5.74) is 1.40. The molecule has 0 aliphatic heterocycles. The molecule has 1 N–H and O–H groups in total. The first kappa shape index (κ1) is 8.78. The van der Waals surface area contributed by atoms with Crippen LogP contribution in [0.15, 0.2) is 22.8 Å². The van der Waals surface area contributed by atoms with Crippen LogP contribution in [0.2, 0.25) is 5.02 Å². The van der Waals surface area contributed by atoms with Gasteiger partial charge in [-0.1, -0.05) is 23.7 Å². The SMILES string of the molecule is O=Cc1c(Br)[nH]c2c(Cl)cccc12. The fourth-order valence-corrected chi connectivity index (χ4v) is 2.01. The van der Waals surface area contributed by atoms with E-state index >= 15 is 0 Å². The fourth-order valence-electron chi connectivity index (χ4n) is 1.29. The second kappa shape index (κ2) is 3.16. The monoisotopic (exact) mass is 257 g/mol. The van der Waals surface area contributed by atoms with E-state index in [1.807, 2.05) is 12.1 Å². The summed E-state index contributed by atoms with van der Waals surface area (Å²) >= 11 is 9.19. The van der Waals surface area contributed by atoms with Gasteiger partial charge in [-0.2, -0.15) is 0 Å². The number of rotatable bonds is 1. The van der Waals surface area contributed by atoms with Gasteiger partial charge in [-0.15, -0.1) is 0 Å². The number of aldehydes is 1. The van der Waals surface area contributed by atoms with Crippen molar-refractivity contribution in [1.82, 2.24) is 4.98 Å². The number of aromatic amines is 1. The Morgan fingerprint density at radius 2 is 2.23 bits per heavy atom. The van der Waals surface area contributed by atoms with Gasteiger partial charge in [0.2, 0.25) is 0 Å². The molecule has 0 fully saturated rings. The van der Waals surface area contributed by atoms with Crippen molar-refractivity contribution in [2.75, 3.05) is 0 Å². The molecule has 0 amide bonds. The minimum Gasteiger partial charge on any atom is -0.347 e. The quantitative estimate of drug-likeness (QED) is 0.781. The number of aromatic nitrogens is 1. The first-order chi connectivity index (χ1) is 6.24. The molecule has 1 aromatic heterocycles. The summed E-state index contributed by atoms with van der Waals surface area (Å²) in [6, 6.07) is 5.45. The van der Waals surface area contributed by atoms with Gasteiger partial charge in [0, 0.05) is 5.39 Å². The molecule has 2 nitrogen and oxygen atoms in total. The third-order valence-corrected chi connectivity index (χ3v) is 2.83. The van der Waals surface area contributed by atoms with Crippen molar-refractivity contribution in [3.63, 3.8) is 0 Å². The number of carbonyl (C=O) groups is 1. The molecule has 2 rings (SSSR count). The van der Waals surface area contributed by atoms with Crippen molar-refractivity contribution in [2.24, 2.45) is 0 Å². The van der Waals surface area contributed by atoms with Gasteiger partial charge in [-0.05, 0) is 22.0 Å². The fraction of sp³-hybridized carbons (Fsp3) is 0. The van der Waals surface area contributed by atoms with Gasteiger partial charge < -0.3 is 4.98 Å². The highest BCUT2D eigenvalue weighted by Gasteiger charge is 2.09. The van der Waals surface area contributed by atoms with Gasteiger partial charge in [-0.3, -0.25) is 4.79 Å². The summed E-state index contributed by atoms with van der Waals surface area (Å²) in [7, 11) is 0. The van der Waals surface area contributed by atoms with Gasteiger partial charge in [-0.25, -0.2) is 0 Å². The highest BCUT2D eigenvalue weighted by Crippen LogP contribution is 2.29. The third kappa shape index (κ3) is 1.28. The Morgan fingerprint density at radius 3 is 2.92 bits per heavy atom. The minimum absolute atomic E-state index is 0.609. The normalized spacial score (nSPS) is 10.6. The summed E-state index contributed by atoms with van der Waals surface area (Å²) in [6.45, 7) is 0. The zero-order chi connectivity index (χ0) is 9.42. The molecule has 0 aliphatic rings. The number of carbonyl (C=O) groups excluding carboxylic acids is 1. The lowest BCUT2D eigenvalue weighted by Crippen LogP contribution is -1.75. The number of fused-ring (bicyclic) bond motifs is 1. The predicted octanol–water partition coefficient (Wildman–Crippen LogP) is 3.40. The summed E-state index contributed by atoms with van der Waals surface area (Å²) in [6.07, 6.45) is 0.805. The zero-order valence-corrected chi connectivity index (χ0v) is 8.82. The number of hydrogen-bond acceptors (Lipinski definition) is 1. The molecule has 1 heterocycles. The highest BCUT2D eigenvalue weighted by molar-refractivity contribution is 9.10. The lowest BCUT2D eigenvalue weighted by molar-refractivity contribution is 0.112. The van der Waals surface area contributed by atoms with Crippen molar-refractivity contribution < 1.29 is 4.79 Å². The first-order valence-electron chi connectivity index (χ1n) is 3.65. The Labute approximate surface area is 88.0 Å². The molecule has 0 atom stereocenters. The van der Waals surface area contributed by atoms with Gasteiger partial charge in [0.05, 0.1) is 20.7 Å². The van der Waals surface area contributed by atoms with E-state index in [0.717, 1.165) is 17.2 Å². The van der Waals surface area contributed by atoms with E-state index in [-0.39, 0.29) is 0 Å². The van der Waals surface area contributed by atoms with Crippen LogP contribution in [0.1, 0.15) is 10.4 Å². The van der Waals surface area contributed by atoms with Crippen LogP contribution in [0.5, 0.6) is 0 Å². The molecular weight excluding hydrogens is 253 g/mol. The average Bonchev–Trinajstić information content (AvgIpc) is 2.43. The van der Waals surface area contributed by atoms with E-state index in [9.17, 15) is 4.79 Å². The molecule has 0 saturated heterocycles. The Balaban J connectivity index is 2.93. The molecule has 0 radical (unpaired) electrons. The van der Waals surface area contributed by atoms with E-state index < -0.39 is 0 Å². The largest absolute Gasteiger partial charge is 0.347 e. The Hall–Kier alpha value is -0.800. The highest BCUT2D eigenvalue weighted by atomic mass is 79.9. The lowest BCUT2D eigenvalue weighted by Gasteiger charge is -1.91. The zero-order valence-electron chi connectivity index (χ0n) is 6.47. The van der Waals surface area contributed by atoms with Crippen LogP contribution in [-0.4, -0.2) is 11.3 Å². The second-order valence-electron chi connectivity index (χ2n) is 2.63. The first-order valence-corrected chi connectivity index (χ1v) is 4.82. The Morgan fingerprint density at radius 1 is 1.46 bits per heavy atom. The molecule has 0 bridgehead atoms. The molecule has 0 saturated carbocycles. The average molecular weight is 259 g/mol. The number of halogens is 2. The van der Waals surface area contributed by atoms with Gasteiger partial charge in [0.25, 0.3) is 0 Å². The third-order valence-electron chi connectivity index (χ3n) is 1.89. The standard InChI is InChI=1S/C9H5BrClNO/c10-9-6(4-13)5-2-1-3-7(11)8(5)12-9/h1-4,12H. The van der Waals surface area contributed by atoms with Crippen LogP contribution in [0.25, 0.3) is 10.9 Å². The molecule has 13 heavy (non-hydrogen) atoms. The van der Waals surface area contributed by atoms with Crippen LogP contribution in [-0.2, 0) is 0 Å². The van der Waals surface area contributed by atoms with E-state index in [1.54, 1.807) is 6.07 Å².